The van der Waals surface area contributed by atoms with Gasteiger partial charge in [0.15, 0.2) is 0 Å². The summed E-state index contributed by atoms with van der Waals surface area (Å²) in [5.74, 6) is 1.04. The Hall–Kier alpha value is -2.38. The second-order valence-corrected chi connectivity index (χ2v) is 7.56. The van der Waals surface area contributed by atoms with Crippen molar-refractivity contribution >= 4 is 34.7 Å². The summed E-state index contributed by atoms with van der Waals surface area (Å²) in [6, 6.07) is 13.6. The normalized spacial score (nSPS) is 10.5. The Balaban J connectivity index is 1.52. The first-order chi connectivity index (χ1) is 12.6. The Kier molecular flexibility index (Phi) is 6.25. The molecule has 4 nitrogen and oxygen atoms in total. The van der Waals surface area contributed by atoms with Crippen LogP contribution in [0.4, 0.5) is 10.1 Å². The molecule has 0 bridgehead atoms. The van der Waals surface area contributed by atoms with Gasteiger partial charge in [-0.05, 0) is 29.8 Å². The summed E-state index contributed by atoms with van der Waals surface area (Å²) in [6.45, 7) is 0. The van der Waals surface area contributed by atoms with Crippen LogP contribution in [0.2, 0.25) is 0 Å². The van der Waals surface area contributed by atoms with E-state index in [1.807, 2.05) is 23.6 Å². The van der Waals surface area contributed by atoms with Crippen molar-refractivity contribution in [3.05, 3.63) is 71.0 Å². The van der Waals surface area contributed by atoms with Crippen molar-refractivity contribution in [2.24, 2.45) is 0 Å². The number of nitrogens with zero attached hydrogens (tertiary/aromatic N) is 1. The quantitative estimate of drug-likeness (QED) is 0.593. The van der Waals surface area contributed by atoms with E-state index in [0.29, 0.717) is 17.2 Å². The summed E-state index contributed by atoms with van der Waals surface area (Å²) >= 11 is 3.08. The number of anilines is 1. The van der Waals surface area contributed by atoms with Gasteiger partial charge in [0.1, 0.15) is 15.9 Å². The van der Waals surface area contributed by atoms with E-state index in [2.05, 4.69) is 10.3 Å². The number of thioether (sulfide) groups is 1. The van der Waals surface area contributed by atoms with E-state index in [0.717, 1.165) is 15.6 Å². The fourth-order valence-electron chi connectivity index (χ4n) is 2.23. The molecule has 0 unspecified atom stereocenters. The van der Waals surface area contributed by atoms with Gasteiger partial charge in [0.2, 0.25) is 5.91 Å². The number of rotatable bonds is 7. The van der Waals surface area contributed by atoms with Crippen molar-refractivity contribution in [2.45, 2.75) is 16.5 Å². The van der Waals surface area contributed by atoms with Gasteiger partial charge in [-0.15, -0.1) is 11.3 Å². The fourth-order valence-corrected chi connectivity index (χ4v) is 4.03. The van der Waals surface area contributed by atoms with E-state index in [1.54, 1.807) is 37.1 Å². The maximum atomic E-state index is 12.9. The summed E-state index contributed by atoms with van der Waals surface area (Å²) in [7, 11) is 1.58. The second kappa shape index (κ2) is 8.82. The lowest BCUT2D eigenvalue weighted by Gasteiger charge is -2.06. The Bertz CT molecular complexity index is 881. The number of methoxy groups -OCH3 is 1. The maximum Gasteiger partial charge on any atom is 0.230 e. The highest BCUT2D eigenvalue weighted by atomic mass is 32.2. The molecule has 1 heterocycles. The zero-order valence-corrected chi connectivity index (χ0v) is 15.7. The molecule has 1 N–H and O–H groups in total. The van der Waals surface area contributed by atoms with E-state index < -0.39 is 0 Å². The first-order valence-electron chi connectivity index (χ1n) is 7.88. The average Bonchev–Trinajstić information content (AvgIpc) is 3.08. The molecule has 0 aliphatic rings. The van der Waals surface area contributed by atoms with Crippen LogP contribution in [0, 0.1) is 5.82 Å². The topological polar surface area (TPSA) is 51.2 Å². The number of aromatic nitrogens is 1. The van der Waals surface area contributed by atoms with Gasteiger partial charge in [0.05, 0.1) is 19.2 Å². The summed E-state index contributed by atoms with van der Waals surface area (Å²) in [4.78, 5) is 16.7. The van der Waals surface area contributed by atoms with Gasteiger partial charge in [0.25, 0.3) is 0 Å². The molecular formula is C19H17FN2O2S2. The number of nitrogens with one attached hydrogen (secondary N) is 1. The predicted octanol–water partition coefficient (Wildman–Crippen LogP) is 4.76. The first kappa shape index (κ1) is 18.4. The van der Waals surface area contributed by atoms with E-state index in [1.165, 1.54) is 23.5 Å². The number of carbonyl (C=O) groups is 1. The standard InChI is InChI=1S/C19H17FN2O2S2/c1-24-17-4-2-3-15(9-17)21-18(23)10-16-12-26-19(22-16)25-11-13-5-7-14(20)8-6-13/h2-9,12H,10-11H2,1H3,(H,21,23). The van der Waals surface area contributed by atoms with Gasteiger partial charge in [-0.25, -0.2) is 9.37 Å². The van der Waals surface area contributed by atoms with Gasteiger partial charge < -0.3 is 10.1 Å². The van der Waals surface area contributed by atoms with E-state index in [4.69, 9.17) is 4.74 Å². The number of thiazole rings is 1. The third kappa shape index (κ3) is 5.31. The van der Waals surface area contributed by atoms with Crippen LogP contribution in [0.25, 0.3) is 0 Å². The Morgan fingerprint density at radius 2 is 2.08 bits per heavy atom. The third-order valence-electron chi connectivity index (χ3n) is 3.50. The molecule has 0 saturated carbocycles. The number of halogens is 1. The van der Waals surface area contributed by atoms with Crippen LogP contribution in [0.3, 0.4) is 0 Å². The van der Waals surface area contributed by atoms with Gasteiger partial charge in [0, 0.05) is 22.9 Å². The Morgan fingerprint density at radius 3 is 2.85 bits per heavy atom. The molecule has 7 heteroatoms. The van der Waals surface area contributed by atoms with Crippen LogP contribution >= 0.6 is 23.1 Å². The van der Waals surface area contributed by atoms with Crippen molar-refractivity contribution in [1.29, 1.82) is 0 Å². The largest absolute Gasteiger partial charge is 0.497 e. The maximum absolute atomic E-state index is 12.9. The van der Waals surface area contributed by atoms with Crippen LogP contribution in [-0.2, 0) is 17.0 Å². The number of ether oxygens (including phenoxy) is 1. The van der Waals surface area contributed by atoms with E-state index in [9.17, 15) is 9.18 Å². The van der Waals surface area contributed by atoms with Crippen LogP contribution < -0.4 is 10.1 Å². The molecule has 0 atom stereocenters. The lowest BCUT2D eigenvalue weighted by atomic mass is 10.2. The molecule has 1 aromatic heterocycles. The minimum Gasteiger partial charge on any atom is -0.497 e. The highest BCUT2D eigenvalue weighted by Gasteiger charge is 2.09. The van der Waals surface area contributed by atoms with Gasteiger partial charge in [-0.3, -0.25) is 4.79 Å². The number of hydrogen-bond acceptors (Lipinski definition) is 5. The lowest BCUT2D eigenvalue weighted by molar-refractivity contribution is -0.115. The summed E-state index contributed by atoms with van der Waals surface area (Å²) < 4.78 is 18.9. The van der Waals surface area contributed by atoms with E-state index in [-0.39, 0.29) is 18.1 Å². The minimum atomic E-state index is -0.239. The molecule has 0 aliphatic carbocycles. The second-order valence-electron chi connectivity index (χ2n) is 5.48. The first-order valence-corrected chi connectivity index (χ1v) is 9.74. The molecule has 0 saturated heterocycles. The molecular weight excluding hydrogens is 371 g/mol. The van der Waals surface area contributed by atoms with Gasteiger partial charge >= 0.3 is 0 Å². The fraction of sp³-hybridized carbons (Fsp3) is 0.158. The highest BCUT2D eigenvalue weighted by Crippen LogP contribution is 2.26. The lowest BCUT2D eigenvalue weighted by Crippen LogP contribution is -2.14. The molecule has 0 fully saturated rings. The zero-order valence-electron chi connectivity index (χ0n) is 14.1. The van der Waals surface area contributed by atoms with Gasteiger partial charge in [-0.2, -0.15) is 0 Å². The highest BCUT2D eigenvalue weighted by molar-refractivity contribution is 8.00. The summed E-state index contributed by atoms with van der Waals surface area (Å²) in [6.07, 6.45) is 0.213. The number of hydrogen-bond donors (Lipinski definition) is 1. The molecule has 2 aromatic carbocycles. The molecule has 3 rings (SSSR count). The number of amides is 1. The molecule has 0 aliphatic heterocycles. The van der Waals surface area contributed by atoms with Crippen molar-refractivity contribution in [1.82, 2.24) is 4.98 Å². The molecule has 3 aromatic rings. The smallest absolute Gasteiger partial charge is 0.230 e. The molecule has 26 heavy (non-hydrogen) atoms. The van der Waals surface area contributed by atoms with Crippen LogP contribution in [0.1, 0.15) is 11.3 Å². The minimum absolute atomic E-state index is 0.126. The molecule has 0 spiro atoms. The predicted molar refractivity (Wildman–Crippen MR) is 103 cm³/mol. The van der Waals surface area contributed by atoms with Crippen LogP contribution in [-0.4, -0.2) is 18.0 Å². The molecule has 134 valence electrons. The van der Waals surface area contributed by atoms with E-state index >= 15 is 0 Å². The van der Waals surface area contributed by atoms with Crippen LogP contribution in [0.15, 0.2) is 58.3 Å². The summed E-state index contributed by atoms with van der Waals surface area (Å²) in [5, 5.41) is 4.73. The number of carbonyl (C=O) groups excluding carboxylic acids is 1. The molecule has 0 radical (unpaired) electrons. The average molecular weight is 388 g/mol. The zero-order chi connectivity index (χ0) is 18.4. The Labute approximate surface area is 159 Å². The van der Waals surface area contributed by atoms with Crippen molar-refractivity contribution in [3.63, 3.8) is 0 Å². The Morgan fingerprint density at radius 1 is 1.27 bits per heavy atom. The van der Waals surface area contributed by atoms with Crippen molar-refractivity contribution < 1.29 is 13.9 Å². The molecule has 1 amide bonds. The number of benzene rings is 2. The van der Waals surface area contributed by atoms with Crippen LogP contribution in [0.5, 0.6) is 5.75 Å². The third-order valence-corrected chi connectivity index (χ3v) is 5.64. The summed E-state index contributed by atoms with van der Waals surface area (Å²) in [5.41, 5.74) is 2.46. The SMILES string of the molecule is COc1cccc(NC(=O)Cc2csc(SCc3ccc(F)cc3)n2)c1. The van der Waals surface area contributed by atoms with Gasteiger partial charge in [-0.1, -0.05) is 30.0 Å². The monoisotopic (exact) mass is 388 g/mol. The van der Waals surface area contributed by atoms with Crippen molar-refractivity contribution in [3.8, 4) is 5.75 Å². The van der Waals surface area contributed by atoms with Crippen molar-refractivity contribution in [2.75, 3.05) is 12.4 Å².